The van der Waals surface area contributed by atoms with Crippen molar-refractivity contribution in [2.45, 2.75) is 31.7 Å². The smallest absolute Gasteiger partial charge is 0.250 e. The molecule has 0 bridgehead atoms. The molecule has 1 aromatic carbocycles. The number of piperidine rings is 1. The van der Waals surface area contributed by atoms with Crippen LogP contribution in [0, 0.1) is 5.82 Å². The van der Waals surface area contributed by atoms with Gasteiger partial charge in [0.05, 0.1) is 24.1 Å². The van der Waals surface area contributed by atoms with Crippen molar-refractivity contribution in [3.63, 3.8) is 0 Å². The first kappa shape index (κ1) is 14.9. The van der Waals surface area contributed by atoms with Crippen molar-refractivity contribution >= 4 is 11.6 Å². The predicted octanol–water partition coefficient (Wildman–Crippen LogP) is 2.61. The summed E-state index contributed by atoms with van der Waals surface area (Å²) in [5, 5.41) is 3.06. The summed E-state index contributed by atoms with van der Waals surface area (Å²) in [5.41, 5.74) is 1.32. The van der Waals surface area contributed by atoms with Crippen LogP contribution in [-0.2, 0) is 9.53 Å². The number of nitrogens with one attached hydrogen (secondary N) is 1. The molecule has 0 aromatic heterocycles. The molecule has 5 heteroatoms. The summed E-state index contributed by atoms with van der Waals surface area (Å²) in [6.45, 7) is 2.14. The number of benzene rings is 1. The summed E-state index contributed by atoms with van der Waals surface area (Å²) in [6.07, 6.45) is 5.07. The van der Waals surface area contributed by atoms with Crippen LogP contribution >= 0.6 is 0 Å². The molecule has 0 radical (unpaired) electrons. The third-order valence-electron chi connectivity index (χ3n) is 4.18. The zero-order valence-electron chi connectivity index (χ0n) is 12.6. The lowest BCUT2D eigenvalue weighted by Crippen LogP contribution is -2.48. The molecule has 1 atom stereocenters. The summed E-state index contributed by atoms with van der Waals surface area (Å²) in [7, 11) is 0. The minimum atomic E-state index is -0.210. The maximum Gasteiger partial charge on any atom is 0.250 e. The monoisotopic (exact) mass is 304 g/mol. The van der Waals surface area contributed by atoms with E-state index in [0.29, 0.717) is 24.4 Å². The molecule has 0 spiro atoms. The van der Waals surface area contributed by atoms with Crippen LogP contribution in [0.5, 0.6) is 0 Å². The lowest BCUT2D eigenvalue weighted by molar-refractivity contribution is -0.118. The van der Waals surface area contributed by atoms with Crippen molar-refractivity contribution < 1.29 is 13.9 Å². The fraction of sp³-hybridized carbons (Fsp3) is 0.471. The second kappa shape index (κ2) is 6.81. The molecule has 1 N–H and O–H groups in total. The van der Waals surface area contributed by atoms with Crippen molar-refractivity contribution in [3.8, 4) is 0 Å². The number of carbonyl (C=O) groups is 1. The quantitative estimate of drug-likeness (QED) is 0.933. The Bertz CT molecular complexity index is 574. The lowest BCUT2D eigenvalue weighted by Gasteiger charge is -2.35. The van der Waals surface area contributed by atoms with Gasteiger partial charge in [0.15, 0.2) is 0 Å². The van der Waals surface area contributed by atoms with Crippen molar-refractivity contribution in [3.05, 3.63) is 41.9 Å². The molecular formula is C17H21FN2O2. The third-order valence-corrected chi connectivity index (χ3v) is 4.18. The van der Waals surface area contributed by atoms with E-state index in [2.05, 4.69) is 5.32 Å². The molecule has 1 amide bonds. The highest BCUT2D eigenvalue weighted by Gasteiger charge is 2.24. The van der Waals surface area contributed by atoms with Crippen molar-refractivity contribution in [2.24, 2.45) is 0 Å². The first-order valence-corrected chi connectivity index (χ1v) is 7.85. The van der Waals surface area contributed by atoms with E-state index >= 15 is 0 Å². The number of rotatable bonds is 3. The summed E-state index contributed by atoms with van der Waals surface area (Å²) in [5.74, 6) is -0.266. The van der Waals surface area contributed by atoms with Crippen molar-refractivity contribution in [2.75, 3.05) is 24.6 Å². The number of ether oxygens (including phenoxy) is 1. The SMILES string of the molecule is O=C(NC1CCCN(c2ccccc2F)C1)C1=COCCC1. The number of para-hydroxylation sites is 1. The van der Waals surface area contributed by atoms with Gasteiger partial charge in [-0.1, -0.05) is 12.1 Å². The van der Waals surface area contributed by atoms with Gasteiger partial charge >= 0.3 is 0 Å². The molecule has 1 unspecified atom stereocenters. The fourth-order valence-electron chi connectivity index (χ4n) is 3.03. The minimum absolute atomic E-state index is 0.0451. The second-order valence-electron chi connectivity index (χ2n) is 5.83. The third kappa shape index (κ3) is 3.40. The zero-order valence-corrected chi connectivity index (χ0v) is 12.6. The molecular weight excluding hydrogens is 283 g/mol. The first-order chi connectivity index (χ1) is 10.7. The Kier molecular flexibility index (Phi) is 4.61. The van der Waals surface area contributed by atoms with Crippen LogP contribution in [-0.4, -0.2) is 31.6 Å². The fourth-order valence-corrected chi connectivity index (χ4v) is 3.03. The number of nitrogens with zero attached hydrogens (tertiary/aromatic N) is 1. The van der Waals surface area contributed by atoms with E-state index in [0.717, 1.165) is 32.2 Å². The van der Waals surface area contributed by atoms with E-state index in [1.807, 2.05) is 11.0 Å². The van der Waals surface area contributed by atoms with E-state index < -0.39 is 0 Å². The van der Waals surface area contributed by atoms with Gasteiger partial charge in [-0.15, -0.1) is 0 Å². The number of carbonyl (C=O) groups excluding carboxylic acids is 1. The molecule has 2 aliphatic heterocycles. The molecule has 0 saturated carbocycles. The van der Waals surface area contributed by atoms with Gasteiger partial charge in [-0.2, -0.15) is 0 Å². The predicted molar refractivity (Wildman–Crippen MR) is 83.0 cm³/mol. The lowest BCUT2D eigenvalue weighted by atomic mass is 10.0. The Labute approximate surface area is 129 Å². The Morgan fingerprint density at radius 1 is 1.32 bits per heavy atom. The highest BCUT2D eigenvalue weighted by Crippen LogP contribution is 2.23. The maximum atomic E-state index is 13.9. The van der Waals surface area contributed by atoms with Crippen LogP contribution < -0.4 is 10.2 Å². The molecule has 22 heavy (non-hydrogen) atoms. The van der Waals surface area contributed by atoms with E-state index in [1.165, 1.54) is 6.07 Å². The number of hydrogen-bond acceptors (Lipinski definition) is 3. The van der Waals surface area contributed by atoms with Crippen molar-refractivity contribution in [1.29, 1.82) is 0 Å². The summed E-state index contributed by atoms with van der Waals surface area (Å²) >= 11 is 0. The average molecular weight is 304 g/mol. The van der Waals surface area contributed by atoms with Crippen molar-refractivity contribution in [1.82, 2.24) is 5.32 Å². The van der Waals surface area contributed by atoms with Gasteiger partial charge in [0.2, 0.25) is 0 Å². The van der Waals surface area contributed by atoms with Crippen LogP contribution in [0.4, 0.5) is 10.1 Å². The van der Waals surface area contributed by atoms with Crippen LogP contribution in [0.1, 0.15) is 25.7 Å². The highest BCUT2D eigenvalue weighted by molar-refractivity contribution is 5.93. The van der Waals surface area contributed by atoms with Crippen LogP contribution in [0.3, 0.4) is 0 Å². The molecule has 4 nitrogen and oxygen atoms in total. The number of hydrogen-bond donors (Lipinski definition) is 1. The molecule has 1 aromatic rings. The van der Waals surface area contributed by atoms with E-state index in [4.69, 9.17) is 4.74 Å². The summed E-state index contributed by atoms with van der Waals surface area (Å²) in [4.78, 5) is 14.2. The largest absolute Gasteiger partial charge is 0.501 e. The molecule has 1 saturated heterocycles. The number of anilines is 1. The first-order valence-electron chi connectivity index (χ1n) is 7.85. The molecule has 3 rings (SSSR count). The van der Waals surface area contributed by atoms with Gasteiger partial charge in [-0.25, -0.2) is 4.39 Å². The second-order valence-corrected chi connectivity index (χ2v) is 5.83. The molecule has 2 heterocycles. The maximum absolute atomic E-state index is 13.9. The summed E-state index contributed by atoms with van der Waals surface area (Å²) in [6, 6.07) is 6.84. The zero-order chi connectivity index (χ0) is 15.4. The topological polar surface area (TPSA) is 41.6 Å². The molecule has 118 valence electrons. The van der Waals surface area contributed by atoms with Gasteiger partial charge in [0, 0.05) is 19.1 Å². The highest BCUT2D eigenvalue weighted by atomic mass is 19.1. The van der Waals surface area contributed by atoms with E-state index in [-0.39, 0.29) is 17.8 Å². The van der Waals surface area contributed by atoms with Gasteiger partial charge in [0.25, 0.3) is 5.91 Å². The Hall–Kier alpha value is -2.04. The average Bonchev–Trinajstić information content (AvgIpc) is 2.56. The summed E-state index contributed by atoms with van der Waals surface area (Å²) < 4.78 is 19.1. The van der Waals surface area contributed by atoms with Gasteiger partial charge < -0.3 is 15.0 Å². The van der Waals surface area contributed by atoms with Crippen LogP contribution in [0.25, 0.3) is 0 Å². The molecule has 1 fully saturated rings. The van der Waals surface area contributed by atoms with Crippen LogP contribution in [0.15, 0.2) is 36.1 Å². The minimum Gasteiger partial charge on any atom is -0.501 e. The standard InChI is InChI=1S/C17H21FN2O2/c18-15-7-1-2-8-16(15)20-9-3-6-14(11-20)19-17(21)13-5-4-10-22-12-13/h1-2,7-8,12,14H,3-6,9-11H2,(H,19,21). The Morgan fingerprint density at radius 3 is 2.95 bits per heavy atom. The van der Waals surface area contributed by atoms with Crippen LogP contribution in [0.2, 0.25) is 0 Å². The van der Waals surface area contributed by atoms with E-state index in [9.17, 15) is 9.18 Å². The number of amides is 1. The molecule has 2 aliphatic rings. The Balaban J connectivity index is 1.62. The Morgan fingerprint density at radius 2 is 2.18 bits per heavy atom. The molecule has 0 aliphatic carbocycles. The van der Waals surface area contributed by atoms with Gasteiger partial charge in [-0.3, -0.25) is 4.79 Å². The number of halogens is 1. The van der Waals surface area contributed by atoms with Gasteiger partial charge in [-0.05, 0) is 37.8 Å². The van der Waals surface area contributed by atoms with Gasteiger partial charge in [0.1, 0.15) is 5.82 Å². The van der Waals surface area contributed by atoms with E-state index in [1.54, 1.807) is 18.4 Å². The normalized spacial score (nSPS) is 21.8.